The number of anilines is 2. The highest BCUT2D eigenvalue weighted by atomic mass is 15.1. The average molecular weight is 281 g/mol. The zero-order valence-corrected chi connectivity index (χ0v) is 12.0. The summed E-state index contributed by atoms with van der Waals surface area (Å²) in [6, 6.07) is 4.61. The molecule has 0 saturated heterocycles. The van der Waals surface area contributed by atoms with E-state index >= 15 is 0 Å². The molecule has 2 aliphatic heterocycles. The van der Waals surface area contributed by atoms with E-state index in [4.69, 9.17) is 4.98 Å². The van der Waals surface area contributed by atoms with Gasteiger partial charge in [-0.3, -0.25) is 4.98 Å². The maximum atomic E-state index is 4.85. The van der Waals surface area contributed by atoms with Gasteiger partial charge >= 0.3 is 0 Å². The predicted octanol–water partition coefficient (Wildman–Crippen LogP) is 2.72. The van der Waals surface area contributed by atoms with Gasteiger partial charge in [-0.1, -0.05) is 6.07 Å². The van der Waals surface area contributed by atoms with E-state index in [1.54, 1.807) is 12.4 Å². The van der Waals surface area contributed by atoms with Gasteiger partial charge in [-0.25, -0.2) is 9.97 Å². The minimum Gasteiger partial charge on any atom is -0.370 e. The number of hydrogen-bond acceptors (Lipinski definition) is 5. The van der Waals surface area contributed by atoms with Crippen molar-refractivity contribution >= 4 is 11.6 Å². The molecule has 4 rings (SSSR count). The molecule has 0 radical (unpaired) electrons. The molecule has 0 aliphatic carbocycles. The van der Waals surface area contributed by atoms with Crippen LogP contribution in [0.15, 0.2) is 24.5 Å². The van der Waals surface area contributed by atoms with Gasteiger partial charge in [0.1, 0.15) is 11.6 Å². The number of aromatic nitrogens is 3. The molecule has 0 aromatic carbocycles. The Morgan fingerprint density at radius 3 is 2.95 bits per heavy atom. The van der Waals surface area contributed by atoms with E-state index in [0.717, 1.165) is 48.8 Å². The Bertz CT molecular complexity index is 655. The summed E-state index contributed by atoms with van der Waals surface area (Å²) >= 11 is 0. The molecule has 5 heteroatoms. The number of pyridine rings is 1. The van der Waals surface area contributed by atoms with Crippen LogP contribution in [0.2, 0.25) is 0 Å². The summed E-state index contributed by atoms with van der Waals surface area (Å²) in [6.45, 7) is 1.02. The highest BCUT2D eigenvalue weighted by Crippen LogP contribution is 2.30. The molecular formula is C16H19N5. The summed E-state index contributed by atoms with van der Waals surface area (Å²) in [7, 11) is 0. The van der Waals surface area contributed by atoms with Gasteiger partial charge < -0.3 is 10.6 Å². The van der Waals surface area contributed by atoms with Crippen molar-refractivity contribution < 1.29 is 0 Å². The van der Waals surface area contributed by atoms with Gasteiger partial charge in [-0.2, -0.15) is 0 Å². The van der Waals surface area contributed by atoms with Gasteiger partial charge in [0.05, 0.1) is 17.4 Å². The summed E-state index contributed by atoms with van der Waals surface area (Å²) < 4.78 is 0. The van der Waals surface area contributed by atoms with E-state index in [9.17, 15) is 0 Å². The van der Waals surface area contributed by atoms with Crippen LogP contribution in [0.5, 0.6) is 0 Å². The van der Waals surface area contributed by atoms with Crippen molar-refractivity contribution in [2.45, 2.75) is 38.1 Å². The Morgan fingerprint density at radius 1 is 1.00 bits per heavy atom. The van der Waals surface area contributed by atoms with E-state index in [-0.39, 0.29) is 6.04 Å². The van der Waals surface area contributed by atoms with E-state index in [1.807, 2.05) is 0 Å². The second-order valence-corrected chi connectivity index (χ2v) is 5.71. The number of aryl methyl sites for hydroxylation is 2. The number of nitrogens with one attached hydrogen (secondary N) is 2. The average Bonchev–Trinajstić information content (AvgIpc) is 2.79. The fraction of sp³-hybridized carbons (Fsp3) is 0.438. The number of nitrogens with zero attached hydrogens (tertiary/aromatic N) is 3. The van der Waals surface area contributed by atoms with Gasteiger partial charge in [0.15, 0.2) is 0 Å². The van der Waals surface area contributed by atoms with Crippen molar-refractivity contribution in [1.29, 1.82) is 0 Å². The zero-order valence-electron chi connectivity index (χ0n) is 12.0. The van der Waals surface area contributed by atoms with Crippen molar-refractivity contribution in [2.24, 2.45) is 0 Å². The van der Waals surface area contributed by atoms with E-state index in [2.05, 4.69) is 32.7 Å². The van der Waals surface area contributed by atoms with Crippen LogP contribution in [0.4, 0.5) is 11.6 Å². The molecule has 4 heterocycles. The van der Waals surface area contributed by atoms with Crippen LogP contribution in [-0.4, -0.2) is 21.5 Å². The Balaban J connectivity index is 1.61. The summed E-state index contributed by atoms with van der Waals surface area (Å²) in [5.41, 5.74) is 3.49. The Hall–Kier alpha value is -2.17. The van der Waals surface area contributed by atoms with Crippen molar-refractivity contribution in [3.05, 3.63) is 41.5 Å². The Kier molecular flexibility index (Phi) is 3.18. The van der Waals surface area contributed by atoms with Crippen LogP contribution in [0, 0.1) is 0 Å². The third kappa shape index (κ3) is 2.44. The predicted molar refractivity (Wildman–Crippen MR) is 82.4 cm³/mol. The maximum Gasteiger partial charge on any atom is 0.148 e. The maximum absolute atomic E-state index is 4.85. The van der Waals surface area contributed by atoms with Gasteiger partial charge in [-0.05, 0) is 43.7 Å². The molecule has 0 amide bonds. The highest BCUT2D eigenvalue weighted by molar-refractivity contribution is 5.49. The van der Waals surface area contributed by atoms with Crippen molar-refractivity contribution in [2.75, 3.05) is 17.2 Å². The zero-order chi connectivity index (χ0) is 14.1. The van der Waals surface area contributed by atoms with Crippen LogP contribution in [0.25, 0.3) is 0 Å². The lowest BCUT2D eigenvalue weighted by Gasteiger charge is -2.25. The summed E-state index contributed by atoms with van der Waals surface area (Å²) in [5.74, 6) is 1.97. The van der Waals surface area contributed by atoms with Crippen LogP contribution < -0.4 is 10.6 Å². The SMILES string of the molecule is c1cnc2c(n1)CCC(c1ccc3c(n1)NCCCC3)N2. The molecule has 0 spiro atoms. The minimum absolute atomic E-state index is 0.226. The molecule has 1 unspecified atom stereocenters. The highest BCUT2D eigenvalue weighted by Gasteiger charge is 2.22. The van der Waals surface area contributed by atoms with E-state index in [0.29, 0.717) is 0 Å². The molecule has 2 aromatic heterocycles. The molecule has 0 fully saturated rings. The summed E-state index contributed by atoms with van der Waals surface area (Å²) in [4.78, 5) is 13.6. The number of fused-ring (bicyclic) bond motifs is 2. The van der Waals surface area contributed by atoms with Crippen LogP contribution >= 0.6 is 0 Å². The molecule has 2 aliphatic rings. The minimum atomic E-state index is 0.226. The van der Waals surface area contributed by atoms with Crippen molar-refractivity contribution in [1.82, 2.24) is 15.0 Å². The molecule has 2 N–H and O–H groups in total. The number of hydrogen-bond donors (Lipinski definition) is 2. The third-order valence-corrected chi connectivity index (χ3v) is 4.28. The summed E-state index contributed by atoms with van der Waals surface area (Å²) in [6.07, 6.45) is 9.04. The monoisotopic (exact) mass is 281 g/mol. The molecule has 21 heavy (non-hydrogen) atoms. The molecule has 2 aromatic rings. The fourth-order valence-electron chi connectivity index (χ4n) is 3.11. The van der Waals surface area contributed by atoms with Gasteiger partial charge in [-0.15, -0.1) is 0 Å². The smallest absolute Gasteiger partial charge is 0.148 e. The first-order valence-electron chi connectivity index (χ1n) is 7.70. The summed E-state index contributed by atoms with van der Waals surface area (Å²) in [5, 5.41) is 6.93. The third-order valence-electron chi connectivity index (χ3n) is 4.28. The van der Waals surface area contributed by atoms with Crippen LogP contribution in [0.1, 0.15) is 42.3 Å². The largest absolute Gasteiger partial charge is 0.370 e. The van der Waals surface area contributed by atoms with Crippen LogP contribution in [-0.2, 0) is 12.8 Å². The first kappa shape index (κ1) is 12.6. The second-order valence-electron chi connectivity index (χ2n) is 5.71. The standard InChI is InChI=1S/C16H19N5/c1-2-8-18-15-11(3-1)4-5-12(20-15)13-6-7-14-16(21-13)19-10-9-17-14/h4-5,9-10,13H,1-3,6-8H2,(H,18,20)(H,19,21). The molecule has 0 saturated carbocycles. The van der Waals surface area contributed by atoms with Gasteiger partial charge in [0, 0.05) is 18.9 Å². The Labute approximate surface area is 124 Å². The lowest BCUT2D eigenvalue weighted by atomic mass is 10.0. The van der Waals surface area contributed by atoms with Gasteiger partial charge in [0.25, 0.3) is 0 Å². The van der Waals surface area contributed by atoms with Crippen molar-refractivity contribution in [3.63, 3.8) is 0 Å². The first-order valence-corrected chi connectivity index (χ1v) is 7.70. The van der Waals surface area contributed by atoms with Crippen LogP contribution in [0.3, 0.4) is 0 Å². The topological polar surface area (TPSA) is 62.7 Å². The fourth-order valence-corrected chi connectivity index (χ4v) is 3.11. The lowest BCUT2D eigenvalue weighted by molar-refractivity contribution is 0.632. The first-order chi connectivity index (χ1) is 10.4. The van der Waals surface area contributed by atoms with E-state index in [1.165, 1.54) is 18.4 Å². The van der Waals surface area contributed by atoms with Crippen molar-refractivity contribution in [3.8, 4) is 0 Å². The second kappa shape index (κ2) is 5.31. The lowest BCUT2D eigenvalue weighted by Crippen LogP contribution is -2.21. The van der Waals surface area contributed by atoms with Gasteiger partial charge in [0.2, 0.25) is 0 Å². The molecule has 108 valence electrons. The molecule has 5 nitrogen and oxygen atoms in total. The Morgan fingerprint density at radius 2 is 1.95 bits per heavy atom. The molecular weight excluding hydrogens is 262 g/mol. The molecule has 0 bridgehead atoms. The van der Waals surface area contributed by atoms with E-state index < -0.39 is 0 Å². The quantitative estimate of drug-likeness (QED) is 0.841. The molecule has 1 atom stereocenters. The normalized spacial score (nSPS) is 20.5. The number of rotatable bonds is 1.